The highest BCUT2D eigenvalue weighted by molar-refractivity contribution is 6.12. The zero-order valence-corrected chi connectivity index (χ0v) is 15.3. The van der Waals surface area contributed by atoms with Gasteiger partial charge in [0.05, 0.1) is 12.7 Å². The van der Waals surface area contributed by atoms with Gasteiger partial charge < -0.3 is 14.5 Å². The van der Waals surface area contributed by atoms with Gasteiger partial charge in [0, 0.05) is 41.5 Å². The van der Waals surface area contributed by atoms with Crippen LogP contribution in [0.15, 0.2) is 65.3 Å². The monoisotopic (exact) mass is 376 g/mol. The molecule has 0 unspecified atom stereocenters. The Balaban J connectivity index is 2.00. The number of pyridine rings is 1. The fourth-order valence-corrected chi connectivity index (χ4v) is 3.19. The normalized spacial score (nSPS) is 10.8. The van der Waals surface area contributed by atoms with Crippen LogP contribution in [-0.2, 0) is 0 Å². The first-order valence-electron chi connectivity index (χ1n) is 8.65. The van der Waals surface area contributed by atoms with Crippen LogP contribution in [0.25, 0.3) is 33.4 Å². The molecule has 5 nitrogen and oxygen atoms in total. The van der Waals surface area contributed by atoms with Crippen molar-refractivity contribution in [1.29, 1.82) is 0 Å². The molecule has 0 aliphatic rings. The number of nitrogens with zero attached hydrogens (tertiary/aromatic N) is 1. The molecular weight excluding hydrogens is 359 g/mol. The van der Waals surface area contributed by atoms with E-state index in [-0.39, 0.29) is 11.7 Å². The zero-order valence-electron chi connectivity index (χ0n) is 15.3. The molecule has 2 aromatic heterocycles. The number of fused-ring (bicyclic) bond motifs is 1. The smallest absolute Gasteiger partial charge is 0.255 e. The molecule has 28 heavy (non-hydrogen) atoms. The molecule has 0 spiro atoms. The van der Waals surface area contributed by atoms with E-state index >= 15 is 0 Å². The van der Waals surface area contributed by atoms with Gasteiger partial charge in [-0.3, -0.25) is 9.78 Å². The number of benzene rings is 2. The van der Waals surface area contributed by atoms with E-state index in [1.807, 2.05) is 18.2 Å². The standard InChI is InChI=1S/C22H17FN2O3/c1-24-22(26)20-17-11-18(27-2)16(14-4-3-9-25-12-14)10-19(17)28-21(20)13-5-7-15(23)8-6-13/h3-12H,1-2H3,(H,24,26). The van der Waals surface area contributed by atoms with E-state index < -0.39 is 0 Å². The van der Waals surface area contributed by atoms with Crippen molar-refractivity contribution >= 4 is 16.9 Å². The average Bonchev–Trinajstić information content (AvgIpc) is 3.11. The number of amides is 1. The molecule has 0 radical (unpaired) electrons. The minimum atomic E-state index is -0.359. The van der Waals surface area contributed by atoms with Crippen molar-refractivity contribution in [3.63, 3.8) is 0 Å². The van der Waals surface area contributed by atoms with Crippen LogP contribution >= 0.6 is 0 Å². The summed E-state index contributed by atoms with van der Waals surface area (Å²) in [5.41, 5.74) is 3.17. The zero-order chi connectivity index (χ0) is 19.7. The van der Waals surface area contributed by atoms with Crippen molar-refractivity contribution in [2.45, 2.75) is 0 Å². The fraction of sp³-hybridized carbons (Fsp3) is 0.0909. The number of furan rings is 1. The van der Waals surface area contributed by atoms with Gasteiger partial charge in [-0.2, -0.15) is 0 Å². The summed E-state index contributed by atoms with van der Waals surface area (Å²) in [5.74, 6) is 0.313. The number of rotatable bonds is 4. The van der Waals surface area contributed by atoms with Crippen molar-refractivity contribution in [2.24, 2.45) is 0 Å². The minimum Gasteiger partial charge on any atom is -0.496 e. The Morgan fingerprint density at radius 1 is 1.14 bits per heavy atom. The molecule has 0 aliphatic heterocycles. The van der Waals surface area contributed by atoms with Crippen LogP contribution in [0.5, 0.6) is 5.75 Å². The Bertz CT molecular complexity index is 1150. The van der Waals surface area contributed by atoms with Crippen LogP contribution in [0.2, 0.25) is 0 Å². The minimum absolute atomic E-state index is 0.297. The van der Waals surface area contributed by atoms with Crippen molar-refractivity contribution in [2.75, 3.05) is 14.2 Å². The van der Waals surface area contributed by atoms with Gasteiger partial charge in [-0.15, -0.1) is 0 Å². The van der Waals surface area contributed by atoms with Crippen molar-refractivity contribution in [1.82, 2.24) is 10.3 Å². The van der Waals surface area contributed by atoms with Crippen LogP contribution in [0, 0.1) is 5.82 Å². The molecule has 0 aliphatic carbocycles. The molecule has 4 aromatic rings. The molecule has 2 heterocycles. The van der Waals surface area contributed by atoms with E-state index in [0.29, 0.717) is 33.6 Å². The van der Waals surface area contributed by atoms with Crippen molar-refractivity contribution in [3.05, 3.63) is 72.3 Å². The first-order chi connectivity index (χ1) is 13.6. The lowest BCUT2D eigenvalue weighted by atomic mass is 10.0. The lowest BCUT2D eigenvalue weighted by Crippen LogP contribution is -2.18. The Morgan fingerprint density at radius 2 is 1.93 bits per heavy atom. The van der Waals surface area contributed by atoms with E-state index in [9.17, 15) is 9.18 Å². The summed E-state index contributed by atoms with van der Waals surface area (Å²) < 4.78 is 24.9. The molecule has 0 atom stereocenters. The highest BCUT2D eigenvalue weighted by atomic mass is 19.1. The molecule has 0 saturated carbocycles. The third-order valence-electron chi connectivity index (χ3n) is 4.54. The molecule has 1 amide bonds. The SMILES string of the molecule is CNC(=O)c1c(-c2ccc(F)cc2)oc2cc(-c3cccnc3)c(OC)cc12. The molecule has 6 heteroatoms. The van der Waals surface area contributed by atoms with Crippen LogP contribution < -0.4 is 10.1 Å². The Morgan fingerprint density at radius 3 is 2.57 bits per heavy atom. The first kappa shape index (κ1) is 17.7. The third kappa shape index (κ3) is 2.99. The fourth-order valence-electron chi connectivity index (χ4n) is 3.19. The van der Waals surface area contributed by atoms with Crippen LogP contribution in [0.3, 0.4) is 0 Å². The van der Waals surface area contributed by atoms with E-state index in [1.54, 1.807) is 44.8 Å². The Hall–Kier alpha value is -3.67. The maximum Gasteiger partial charge on any atom is 0.255 e. The molecular formula is C22H17FN2O3. The van der Waals surface area contributed by atoms with Crippen molar-refractivity contribution in [3.8, 4) is 28.2 Å². The van der Waals surface area contributed by atoms with Gasteiger partial charge in [-0.25, -0.2) is 4.39 Å². The largest absolute Gasteiger partial charge is 0.496 e. The van der Waals surface area contributed by atoms with E-state index in [1.165, 1.54) is 12.1 Å². The van der Waals surface area contributed by atoms with Gasteiger partial charge in [0.1, 0.15) is 22.9 Å². The predicted molar refractivity (Wildman–Crippen MR) is 105 cm³/mol. The maximum atomic E-state index is 13.3. The van der Waals surface area contributed by atoms with E-state index in [0.717, 1.165) is 11.1 Å². The summed E-state index contributed by atoms with van der Waals surface area (Å²) in [4.78, 5) is 16.8. The van der Waals surface area contributed by atoms with Crippen LogP contribution in [0.4, 0.5) is 4.39 Å². The lowest BCUT2D eigenvalue weighted by Gasteiger charge is -2.08. The number of nitrogens with one attached hydrogen (secondary N) is 1. The van der Waals surface area contributed by atoms with E-state index in [2.05, 4.69) is 10.3 Å². The van der Waals surface area contributed by atoms with Gasteiger partial charge in [-0.1, -0.05) is 6.07 Å². The molecule has 0 fully saturated rings. The molecule has 0 saturated heterocycles. The van der Waals surface area contributed by atoms with Gasteiger partial charge in [-0.05, 0) is 42.5 Å². The summed E-state index contributed by atoms with van der Waals surface area (Å²) >= 11 is 0. The van der Waals surface area contributed by atoms with Crippen molar-refractivity contribution < 1.29 is 18.3 Å². The van der Waals surface area contributed by atoms with Gasteiger partial charge >= 0.3 is 0 Å². The molecule has 2 aromatic carbocycles. The van der Waals surface area contributed by atoms with Crippen LogP contribution in [-0.4, -0.2) is 25.0 Å². The number of halogens is 1. The maximum absolute atomic E-state index is 13.3. The second kappa shape index (κ2) is 7.15. The predicted octanol–water partition coefficient (Wildman–Crippen LogP) is 4.67. The average molecular weight is 376 g/mol. The molecule has 0 bridgehead atoms. The second-order valence-corrected chi connectivity index (χ2v) is 6.18. The second-order valence-electron chi connectivity index (χ2n) is 6.18. The van der Waals surface area contributed by atoms with E-state index in [4.69, 9.17) is 9.15 Å². The number of carbonyl (C=O) groups is 1. The number of carbonyl (C=O) groups excluding carboxylic acids is 1. The highest BCUT2D eigenvalue weighted by Gasteiger charge is 2.23. The molecule has 4 rings (SSSR count). The summed E-state index contributed by atoms with van der Waals surface area (Å²) in [6, 6.07) is 13.2. The third-order valence-corrected chi connectivity index (χ3v) is 4.54. The summed E-state index contributed by atoms with van der Waals surface area (Å²) in [6.45, 7) is 0. The summed E-state index contributed by atoms with van der Waals surface area (Å²) in [6.07, 6.45) is 3.42. The van der Waals surface area contributed by atoms with Crippen LogP contribution in [0.1, 0.15) is 10.4 Å². The number of methoxy groups -OCH3 is 1. The highest BCUT2D eigenvalue weighted by Crippen LogP contribution is 2.40. The quantitative estimate of drug-likeness (QED) is 0.562. The number of hydrogen-bond acceptors (Lipinski definition) is 4. The molecule has 1 N–H and O–H groups in total. The summed E-state index contributed by atoms with van der Waals surface area (Å²) in [7, 11) is 3.12. The number of aromatic nitrogens is 1. The topological polar surface area (TPSA) is 64.4 Å². The Kier molecular flexibility index (Phi) is 4.53. The summed E-state index contributed by atoms with van der Waals surface area (Å²) in [5, 5.41) is 3.26. The van der Waals surface area contributed by atoms with Gasteiger partial charge in [0.15, 0.2) is 0 Å². The lowest BCUT2D eigenvalue weighted by molar-refractivity contribution is 0.0964. The number of ether oxygens (including phenoxy) is 1. The first-order valence-corrected chi connectivity index (χ1v) is 8.65. The van der Waals surface area contributed by atoms with Gasteiger partial charge in [0.2, 0.25) is 0 Å². The number of hydrogen-bond donors (Lipinski definition) is 1. The van der Waals surface area contributed by atoms with Gasteiger partial charge in [0.25, 0.3) is 5.91 Å². The Labute approximate surface area is 160 Å². The molecule has 140 valence electrons.